The number of esters is 1. The third kappa shape index (κ3) is 5.51. The Morgan fingerprint density at radius 1 is 1.22 bits per heavy atom. The number of hydrogen-bond acceptors (Lipinski definition) is 7. The number of nitrogens with zero attached hydrogens (tertiary/aromatic N) is 2. The van der Waals surface area contributed by atoms with Gasteiger partial charge in [0.05, 0.1) is 44.5 Å². The largest absolute Gasteiger partial charge is 0.494 e. The van der Waals surface area contributed by atoms with Crippen molar-refractivity contribution in [3.63, 3.8) is 0 Å². The minimum Gasteiger partial charge on any atom is -0.494 e. The van der Waals surface area contributed by atoms with Gasteiger partial charge in [-0.3, -0.25) is 9.36 Å². The molecule has 0 unspecified atom stereocenters. The number of fused-ring (bicyclic) bond motifs is 1. The molecule has 0 aliphatic carbocycles. The fraction of sp³-hybridized carbons (Fsp3) is 0.222. The summed E-state index contributed by atoms with van der Waals surface area (Å²) < 4.78 is 19.9. The first-order valence-electron chi connectivity index (χ1n) is 11.3. The molecule has 0 saturated carbocycles. The number of methoxy groups -OCH3 is 1. The number of rotatable bonds is 8. The van der Waals surface area contributed by atoms with Crippen LogP contribution in [0.1, 0.15) is 31.0 Å². The molecule has 192 valence electrons. The monoisotopic (exact) mass is 646 g/mol. The normalized spacial score (nSPS) is 15.2. The molecule has 1 aliphatic heterocycles. The molecule has 2 aromatic carbocycles. The van der Waals surface area contributed by atoms with Crippen LogP contribution in [0.4, 0.5) is 0 Å². The van der Waals surface area contributed by atoms with Gasteiger partial charge in [-0.05, 0) is 87.2 Å². The molecular weight excluding hydrogens is 624 g/mol. The molecule has 1 aromatic heterocycles. The van der Waals surface area contributed by atoms with Gasteiger partial charge in [0.1, 0.15) is 18.1 Å². The van der Waals surface area contributed by atoms with Gasteiger partial charge in [-0.25, -0.2) is 9.79 Å². The number of thiazole rings is 1. The Morgan fingerprint density at radius 2 is 1.89 bits per heavy atom. The lowest BCUT2D eigenvalue weighted by Gasteiger charge is -2.24. The third-order valence-electron chi connectivity index (χ3n) is 5.60. The van der Waals surface area contributed by atoms with Crippen LogP contribution in [0.3, 0.4) is 0 Å². The van der Waals surface area contributed by atoms with Gasteiger partial charge in [0.2, 0.25) is 0 Å². The number of carbonyl (C=O) groups excluding carboxylic acids is 1. The van der Waals surface area contributed by atoms with E-state index in [9.17, 15) is 9.59 Å². The third-order valence-corrected chi connectivity index (χ3v) is 7.76. The summed E-state index contributed by atoms with van der Waals surface area (Å²) in [5.74, 6) is 0.817. The van der Waals surface area contributed by atoms with Crippen molar-refractivity contribution in [3.8, 4) is 11.5 Å². The molecule has 0 fully saturated rings. The summed E-state index contributed by atoms with van der Waals surface area (Å²) in [6, 6.07) is 10.3. The highest BCUT2D eigenvalue weighted by Gasteiger charge is 2.33. The summed E-state index contributed by atoms with van der Waals surface area (Å²) in [6.07, 6.45) is 3.46. The van der Waals surface area contributed by atoms with Crippen LogP contribution in [0.2, 0.25) is 0 Å². The number of carbonyl (C=O) groups is 1. The predicted molar refractivity (Wildman–Crippen MR) is 151 cm³/mol. The Labute approximate surface area is 234 Å². The number of ether oxygens (including phenoxy) is 3. The topological polar surface area (TPSA) is 79.1 Å². The zero-order valence-electron chi connectivity index (χ0n) is 20.4. The Morgan fingerprint density at radius 3 is 2.49 bits per heavy atom. The maximum atomic E-state index is 13.8. The number of halogens is 2. The zero-order valence-corrected chi connectivity index (χ0v) is 24.4. The average Bonchev–Trinajstić information content (AvgIpc) is 3.16. The molecule has 7 nitrogen and oxygen atoms in total. The quantitative estimate of drug-likeness (QED) is 0.257. The maximum absolute atomic E-state index is 13.8. The summed E-state index contributed by atoms with van der Waals surface area (Å²) in [6.45, 7) is 7.75. The van der Waals surface area contributed by atoms with Gasteiger partial charge in [-0.2, -0.15) is 0 Å². The predicted octanol–water partition coefficient (Wildman–Crippen LogP) is 4.90. The van der Waals surface area contributed by atoms with Crippen molar-refractivity contribution in [1.82, 2.24) is 4.57 Å². The molecule has 0 radical (unpaired) electrons. The lowest BCUT2D eigenvalue weighted by molar-refractivity contribution is -0.139. The van der Waals surface area contributed by atoms with Crippen LogP contribution >= 0.6 is 43.2 Å². The zero-order chi connectivity index (χ0) is 26.7. The van der Waals surface area contributed by atoms with E-state index in [1.807, 2.05) is 24.3 Å². The lowest BCUT2D eigenvalue weighted by atomic mass is 9.96. The first-order valence-corrected chi connectivity index (χ1v) is 13.8. The molecule has 1 aliphatic rings. The average molecular weight is 648 g/mol. The van der Waals surface area contributed by atoms with E-state index in [4.69, 9.17) is 14.2 Å². The van der Waals surface area contributed by atoms with Crippen LogP contribution in [0.15, 0.2) is 79.1 Å². The van der Waals surface area contributed by atoms with Crippen molar-refractivity contribution < 1.29 is 19.0 Å². The minimum atomic E-state index is -0.694. The molecule has 1 atom stereocenters. The Balaban J connectivity index is 1.89. The highest BCUT2D eigenvalue weighted by atomic mass is 79.9. The lowest BCUT2D eigenvalue weighted by Crippen LogP contribution is -2.39. The Hall–Kier alpha value is -2.95. The fourth-order valence-corrected chi connectivity index (χ4v) is 6.61. The van der Waals surface area contributed by atoms with E-state index in [0.717, 1.165) is 20.1 Å². The number of benzene rings is 2. The van der Waals surface area contributed by atoms with E-state index in [1.165, 1.54) is 11.3 Å². The first kappa shape index (κ1) is 27.1. The van der Waals surface area contributed by atoms with Crippen molar-refractivity contribution in [3.05, 3.63) is 100 Å². The molecule has 2 heterocycles. The second-order valence-corrected chi connectivity index (χ2v) is 10.7. The van der Waals surface area contributed by atoms with Crippen LogP contribution in [0.25, 0.3) is 6.08 Å². The molecular formula is C27H24Br2N2O5S. The van der Waals surface area contributed by atoms with Crippen LogP contribution in [-0.2, 0) is 9.53 Å². The van der Waals surface area contributed by atoms with Crippen LogP contribution in [0, 0.1) is 0 Å². The highest BCUT2D eigenvalue weighted by Crippen LogP contribution is 2.35. The van der Waals surface area contributed by atoms with Crippen LogP contribution < -0.4 is 24.4 Å². The maximum Gasteiger partial charge on any atom is 0.338 e. The second kappa shape index (κ2) is 11.6. The standard InChI is InChI=1S/C27H24Br2N2O5S/c1-5-11-36-18-9-7-17(8-10-18)23-22(26(33)35-6-2)15(3)30-27-31(23)25(32)21(37-27)14-16-12-19(28)24(34-4)20(29)13-16/h5,7-10,12-14,23H,1,6,11H2,2-4H3/b21-14-/t23-/m1/s1. The molecule has 0 bridgehead atoms. The highest BCUT2D eigenvalue weighted by molar-refractivity contribution is 9.11. The Kier molecular flexibility index (Phi) is 8.51. The van der Waals surface area contributed by atoms with E-state index in [-0.39, 0.29) is 12.2 Å². The van der Waals surface area contributed by atoms with E-state index in [1.54, 1.807) is 49.8 Å². The van der Waals surface area contributed by atoms with Gasteiger partial charge in [-0.15, -0.1) is 0 Å². The molecule has 0 N–H and O–H groups in total. The van der Waals surface area contributed by atoms with E-state index < -0.39 is 12.0 Å². The Bertz CT molecular complexity index is 1550. The number of aromatic nitrogens is 1. The molecule has 0 spiro atoms. The van der Waals surface area contributed by atoms with Gasteiger partial charge >= 0.3 is 5.97 Å². The summed E-state index contributed by atoms with van der Waals surface area (Å²) in [4.78, 5) is 31.9. The van der Waals surface area contributed by atoms with Crippen LogP contribution in [0.5, 0.6) is 11.5 Å². The molecule has 0 saturated heterocycles. The van der Waals surface area contributed by atoms with Crippen molar-refractivity contribution in [2.45, 2.75) is 19.9 Å². The van der Waals surface area contributed by atoms with Gasteiger partial charge in [0, 0.05) is 0 Å². The van der Waals surface area contributed by atoms with Crippen molar-refractivity contribution >= 4 is 55.2 Å². The van der Waals surface area contributed by atoms with Crippen LogP contribution in [-0.4, -0.2) is 30.9 Å². The molecule has 37 heavy (non-hydrogen) atoms. The number of allylic oxidation sites excluding steroid dienone is 1. The van der Waals surface area contributed by atoms with Gasteiger partial charge < -0.3 is 14.2 Å². The summed E-state index contributed by atoms with van der Waals surface area (Å²) >= 11 is 8.28. The summed E-state index contributed by atoms with van der Waals surface area (Å²) in [7, 11) is 1.59. The second-order valence-electron chi connectivity index (χ2n) is 7.99. The van der Waals surface area contributed by atoms with Gasteiger partial charge in [-0.1, -0.05) is 36.1 Å². The van der Waals surface area contributed by atoms with Crippen molar-refractivity contribution in [2.24, 2.45) is 4.99 Å². The molecule has 10 heteroatoms. The first-order chi connectivity index (χ1) is 17.8. The summed E-state index contributed by atoms with van der Waals surface area (Å²) in [5, 5.41) is 0. The van der Waals surface area contributed by atoms with Gasteiger partial charge in [0.25, 0.3) is 5.56 Å². The fourth-order valence-electron chi connectivity index (χ4n) is 4.02. The van der Waals surface area contributed by atoms with Crippen molar-refractivity contribution in [2.75, 3.05) is 20.3 Å². The minimum absolute atomic E-state index is 0.211. The van der Waals surface area contributed by atoms with E-state index >= 15 is 0 Å². The molecule has 3 aromatic rings. The van der Waals surface area contributed by atoms with Gasteiger partial charge in [0.15, 0.2) is 4.80 Å². The molecule has 0 amide bonds. The van der Waals surface area contributed by atoms with E-state index in [2.05, 4.69) is 43.4 Å². The number of hydrogen-bond donors (Lipinski definition) is 0. The van der Waals surface area contributed by atoms with E-state index in [0.29, 0.717) is 38.7 Å². The smallest absolute Gasteiger partial charge is 0.338 e. The summed E-state index contributed by atoms with van der Waals surface area (Å²) in [5.41, 5.74) is 2.13. The molecule has 4 rings (SSSR count). The van der Waals surface area contributed by atoms with Crippen molar-refractivity contribution in [1.29, 1.82) is 0 Å². The SMILES string of the molecule is C=CCOc1ccc([C@@H]2C(C(=O)OCC)=C(C)N=c3s/c(=C\c4cc(Br)c(OC)c(Br)c4)c(=O)n32)cc1.